The fourth-order valence-electron chi connectivity index (χ4n) is 4.03. The number of hydrogen-bond donors (Lipinski definition) is 2. The Morgan fingerprint density at radius 1 is 1.26 bits per heavy atom. The maximum Gasteiger partial charge on any atom is 0.191 e. The Morgan fingerprint density at radius 3 is 2.70 bits per heavy atom. The van der Waals surface area contributed by atoms with Gasteiger partial charge in [-0.1, -0.05) is 31.2 Å². The van der Waals surface area contributed by atoms with E-state index in [-0.39, 0.29) is 5.54 Å². The van der Waals surface area contributed by atoms with Gasteiger partial charge in [0.2, 0.25) is 0 Å². The van der Waals surface area contributed by atoms with Crippen molar-refractivity contribution >= 4 is 34.9 Å². The van der Waals surface area contributed by atoms with Gasteiger partial charge in [0.15, 0.2) is 5.11 Å². The van der Waals surface area contributed by atoms with Crippen molar-refractivity contribution in [3.05, 3.63) is 59.7 Å². The summed E-state index contributed by atoms with van der Waals surface area (Å²) in [6.07, 6.45) is 2.97. The first-order valence-electron chi connectivity index (χ1n) is 9.47. The van der Waals surface area contributed by atoms with Crippen LogP contribution >= 0.6 is 12.2 Å². The van der Waals surface area contributed by atoms with Crippen molar-refractivity contribution in [2.24, 2.45) is 5.10 Å². The first-order chi connectivity index (χ1) is 12.9. The van der Waals surface area contributed by atoms with Gasteiger partial charge in [-0.3, -0.25) is 5.43 Å². The normalized spacial score (nSPS) is 18.2. The highest BCUT2D eigenvalue weighted by Crippen LogP contribution is 2.43. The Labute approximate surface area is 167 Å². The van der Waals surface area contributed by atoms with Crippen molar-refractivity contribution in [2.45, 2.75) is 45.6 Å². The van der Waals surface area contributed by atoms with E-state index in [0.717, 1.165) is 24.2 Å². The van der Waals surface area contributed by atoms with Crippen LogP contribution in [0, 0.1) is 0 Å². The number of fused-ring (bicyclic) bond motifs is 1. The molecule has 0 spiro atoms. The second-order valence-corrected chi connectivity index (χ2v) is 8.08. The van der Waals surface area contributed by atoms with Gasteiger partial charge < -0.3 is 10.2 Å². The van der Waals surface area contributed by atoms with Gasteiger partial charge in [-0.25, -0.2) is 0 Å². The summed E-state index contributed by atoms with van der Waals surface area (Å²) in [5, 5.41) is 7.87. The van der Waals surface area contributed by atoms with Crippen LogP contribution < -0.4 is 15.6 Å². The first kappa shape index (κ1) is 19.4. The van der Waals surface area contributed by atoms with E-state index in [1.165, 1.54) is 11.3 Å². The minimum absolute atomic E-state index is 0.188. The molecule has 3 rings (SSSR count). The molecule has 1 aliphatic rings. The van der Waals surface area contributed by atoms with E-state index in [9.17, 15) is 0 Å². The average molecular weight is 381 g/mol. The average Bonchev–Trinajstić information content (AvgIpc) is 2.62. The first-order valence-corrected chi connectivity index (χ1v) is 9.88. The van der Waals surface area contributed by atoms with Gasteiger partial charge in [-0.05, 0) is 80.7 Å². The Morgan fingerprint density at radius 2 is 2.00 bits per heavy atom. The van der Waals surface area contributed by atoms with Gasteiger partial charge in [0.25, 0.3) is 0 Å². The molecule has 142 valence electrons. The Kier molecular flexibility index (Phi) is 5.80. The molecule has 5 heteroatoms. The molecular formula is C22H28N4S. The summed E-state index contributed by atoms with van der Waals surface area (Å²) in [5.41, 5.74) is 7.82. The largest absolute Gasteiger partial charge is 0.366 e. The van der Waals surface area contributed by atoms with Crippen molar-refractivity contribution in [1.29, 1.82) is 0 Å². The maximum absolute atomic E-state index is 5.28. The molecule has 1 aliphatic heterocycles. The van der Waals surface area contributed by atoms with E-state index >= 15 is 0 Å². The molecule has 1 heterocycles. The van der Waals surface area contributed by atoms with E-state index in [0.29, 0.717) is 11.0 Å². The predicted molar refractivity (Wildman–Crippen MR) is 120 cm³/mol. The third-order valence-corrected chi connectivity index (χ3v) is 5.33. The van der Waals surface area contributed by atoms with Crippen LogP contribution in [0.2, 0.25) is 0 Å². The molecule has 0 saturated heterocycles. The molecule has 0 bridgehead atoms. The minimum atomic E-state index is 0.188. The molecule has 0 radical (unpaired) electrons. The molecule has 1 atom stereocenters. The van der Waals surface area contributed by atoms with Crippen molar-refractivity contribution in [3.8, 4) is 0 Å². The molecule has 0 saturated carbocycles. The fourth-order valence-corrected chi connectivity index (χ4v) is 4.20. The molecule has 2 N–H and O–H groups in total. The highest BCUT2D eigenvalue weighted by molar-refractivity contribution is 7.80. The molecule has 0 unspecified atom stereocenters. The van der Waals surface area contributed by atoms with E-state index < -0.39 is 0 Å². The predicted octanol–water partition coefficient (Wildman–Crippen LogP) is 5.12. The quantitative estimate of drug-likeness (QED) is 0.439. The lowest BCUT2D eigenvalue weighted by Crippen LogP contribution is -2.48. The van der Waals surface area contributed by atoms with Gasteiger partial charge in [0.05, 0.1) is 6.21 Å². The number of benzene rings is 2. The van der Waals surface area contributed by atoms with Crippen LogP contribution in [0.4, 0.5) is 11.4 Å². The van der Waals surface area contributed by atoms with Crippen molar-refractivity contribution in [1.82, 2.24) is 5.43 Å². The molecule has 2 aromatic rings. The molecule has 0 fully saturated rings. The molecule has 27 heavy (non-hydrogen) atoms. The van der Waals surface area contributed by atoms with Crippen LogP contribution in [-0.2, 0) is 0 Å². The van der Waals surface area contributed by atoms with Crippen LogP contribution in [0.25, 0.3) is 0 Å². The number of anilines is 2. The summed E-state index contributed by atoms with van der Waals surface area (Å²) in [5.74, 6) is 0.528. The third-order valence-electron chi connectivity index (χ3n) is 5.14. The van der Waals surface area contributed by atoms with Crippen molar-refractivity contribution < 1.29 is 0 Å². The highest BCUT2D eigenvalue weighted by atomic mass is 32.1. The van der Waals surface area contributed by atoms with Gasteiger partial charge in [0, 0.05) is 23.5 Å². The van der Waals surface area contributed by atoms with E-state index in [1.807, 2.05) is 36.5 Å². The summed E-state index contributed by atoms with van der Waals surface area (Å²) in [6, 6.07) is 16.4. The Hall–Kier alpha value is -2.40. The number of hydrogen-bond acceptors (Lipinski definition) is 3. The summed E-state index contributed by atoms with van der Waals surface area (Å²) < 4.78 is 0. The summed E-state index contributed by atoms with van der Waals surface area (Å²) in [4.78, 5) is 2.50. The Bertz CT molecular complexity index is 829. The minimum Gasteiger partial charge on any atom is -0.366 e. The number of nitrogens with one attached hydrogen (secondary N) is 2. The topological polar surface area (TPSA) is 39.7 Å². The summed E-state index contributed by atoms with van der Waals surface area (Å²) in [7, 11) is 0. The molecule has 0 aromatic heterocycles. The lowest BCUT2D eigenvalue weighted by molar-refractivity contribution is 0.381. The van der Waals surface area contributed by atoms with Crippen LogP contribution in [0.1, 0.15) is 51.2 Å². The van der Waals surface area contributed by atoms with Crippen LogP contribution in [0.15, 0.2) is 53.6 Å². The number of rotatable bonds is 4. The van der Waals surface area contributed by atoms with Crippen LogP contribution in [0.5, 0.6) is 0 Å². The van der Waals surface area contributed by atoms with Gasteiger partial charge in [0.1, 0.15) is 0 Å². The fraction of sp³-hybridized carbons (Fsp3) is 0.364. The van der Waals surface area contributed by atoms with E-state index in [2.05, 4.69) is 66.6 Å². The molecule has 4 nitrogen and oxygen atoms in total. The molecule has 2 aromatic carbocycles. The second kappa shape index (κ2) is 8.09. The number of thiocarbonyl (C=S) groups is 1. The van der Waals surface area contributed by atoms with Crippen LogP contribution in [0.3, 0.4) is 0 Å². The van der Waals surface area contributed by atoms with Gasteiger partial charge >= 0.3 is 0 Å². The molecular weight excluding hydrogens is 352 g/mol. The monoisotopic (exact) mass is 380 g/mol. The summed E-state index contributed by atoms with van der Waals surface area (Å²) >= 11 is 5.28. The maximum atomic E-state index is 5.28. The van der Waals surface area contributed by atoms with E-state index in [4.69, 9.17) is 12.2 Å². The van der Waals surface area contributed by atoms with E-state index in [1.54, 1.807) is 0 Å². The van der Waals surface area contributed by atoms with Gasteiger partial charge in [-0.2, -0.15) is 5.10 Å². The zero-order chi connectivity index (χ0) is 19.4. The number of hydrazone groups is 1. The third kappa shape index (κ3) is 4.48. The van der Waals surface area contributed by atoms with Crippen molar-refractivity contribution in [2.75, 3.05) is 16.8 Å². The molecule has 0 aliphatic carbocycles. The SMILES string of the molecule is CCN1c2ccc(/C=N/NC(=S)Nc3ccccc3)cc2[C@H](C)CC1(C)C. The lowest BCUT2D eigenvalue weighted by Gasteiger charge is -2.47. The molecule has 0 amide bonds. The number of para-hydroxylation sites is 1. The van der Waals surface area contributed by atoms with Crippen molar-refractivity contribution in [3.63, 3.8) is 0 Å². The highest BCUT2D eigenvalue weighted by Gasteiger charge is 2.35. The Balaban J connectivity index is 1.69. The zero-order valence-electron chi connectivity index (χ0n) is 16.5. The summed E-state index contributed by atoms with van der Waals surface area (Å²) in [6.45, 7) is 10.2. The zero-order valence-corrected chi connectivity index (χ0v) is 17.3. The number of nitrogens with zero attached hydrogens (tertiary/aromatic N) is 2. The standard InChI is InChI=1S/C22H28N4S/c1-5-26-20-12-11-17(13-19(20)16(2)14-22(26,3)4)15-23-25-21(27)24-18-9-7-6-8-10-18/h6-13,15-16H,5,14H2,1-4H3,(H2,24,25,27)/b23-15+/t16-/m1/s1. The van der Waals surface area contributed by atoms with Gasteiger partial charge in [-0.15, -0.1) is 0 Å². The van der Waals surface area contributed by atoms with Crippen LogP contribution in [-0.4, -0.2) is 23.4 Å². The smallest absolute Gasteiger partial charge is 0.191 e. The second-order valence-electron chi connectivity index (χ2n) is 7.67. The lowest BCUT2D eigenvalue weighted by atomic mass is 9.79.